The van der Waals surface area contributed by atoms with E-state index in [0.717, 1.165) is 12.8 Å². The number of aliphatic hydroxyl groups is 1. The molecule has 1 saturated carbocycles. The molecule has 1 amide bonds. The van der Waals surface area contributed by atoms with E-state index >= 15 is 0 Å². The maximum Gasteiger partial charge on any atom is 0.261 e. The van der Waals surface area contributed by atoms with E-state index in [1.807, 2.05) is 0 Å². The van der Waals surface area contributed by atoms with Crippen LogP contribution in [-0.4, -0.2) is 30.0 Å². The second kappa shape index (κ2) is 6.64. The van der Waals surface area contributed by atoms with Crippen molar-refractivity contribution in [1.29, 1.82) is 0 Å². The van der Waals surface area contributed by atoms with Crippen LogP contribution in [0.1, 0.15) is 37.7 Å². The predicted octanol–water partition coefficient (Wildman–Crippen LogP) is 3.30. The van der Waals surface area contributed by atoms with Gasteiger partial charge >= 0.3 is 0 Å². The Morgan fingerprint density at radius 1 is 1.29 bits per heavy atom. The molecule has 3 rings (SSSR count). The lowest BCUT2D eigenvalue weighted by atomic mass is 9.79. The van der Waals surface area contributed by atoms with Crippen molar-refractivity contribution < 1.29 is 19.4 Å². The van der Waals surface area contributed by atoms with E-state index in [4.69, 9.17) is 27.9 Å². The Hall–Kier alpha value is -1.14. The Labute approximate surface area is 150 Å². The fraction of sp³-hybridized carbons (Fsp3) is 0.529. The largest absolute Gasteiger partial charge is 0.381 e. The third-order valence-electron chi connectivity index (χ3n) is 5.02. The minimum Gasteiger partial charge on any atom is -0.381 e. The number of Topliss-reactive ketones (excluding diaryl/α,β-unsaturated/α-hetero) is 1. The van der Waals surface area contributed by atoms with Crippen LogP contribution in [0.2, 0.25) is 10.0 Å². The molecule has 0 aromatic heterocycles. The standard InChI is InChI=1S/C17H19Cl2NO4/c1-24-10-4-2-9(3-5-10)13(21)8-17(23)14-11(18)6-7-12(19)15(14)20-16(17)22/h6-7,9-10,23H,2-5,8H2,1H3,(H,20,22)/t9?,10?,17-/m1/s1. The number of methoxy groups -OCH3 is 1. The van der Waals surface area contributed by atoms with Crippen LogP contribution in [0.25, 0.3) is 0 Å². The van der Waals surface area contributed by atoms with E-state index < -0.39 is 11.5 Å². The van der Waals surface area contributed by atoms with Gasteiger partial charge in [0.1, 0.15) is 5.78 Å². The second-order valence-electron chi connectivity index (χ2n) is 6.45. The van der Waals surface area contributed by atoms with Gasteiger partial charge in [-0.15, -0.1) is 0 Å². The van der Waals surface area contributed by atoms with Crippen LogP contribution in [0.4, 0.5) is 5.69 Å². The Bertz CT molecular complexity index is 685. The maximum atomic E-state index is 12.6. The van der Waals surface area contributed by atoms with E-state index in [0.29, 0.717) is 12.8 Å². The smallest absolute Gasteiger partial charge is 0.261 e. The van der Waals surface area contributed by atoms with Crippen molar-refractivity contribution in [3.05, 3.63) is 27.7 Å². The van der Waals surface area contributed by atoms with Gasteiger partial charge in [-0.3, -0.25) is 9.59 Å². The summed E-state index contributed by atoms with van der Waals surface area (Å²) in [4.78, 5) is 25.0. The molecule has 1 aromatic rings. The maximum absolute atomic E-state index is 12.6. The summed E-state index contributed by atoms with van der Waals surface area (Å²) in [5.41, 5.74) is -1.49. The Morgan fingerprint density at radius 2 is 1.92 bits per heavy atom. The number of ether oxygens (including phenoxy) is 1. The minimum absolute atomic E-state index is 0.133. The number of benzene rings is 1. The summed E-state index contributed by atoms with van der Waals surface area (Å²) in [7, 11) is 1.67. The molecule has 0 saturated heterocycles. The zero-order chi connectivity index (χ0) is 17.5. The number of anilines is 1. The number of carbonyl (C=O) groups excluding carboxylic acids is 2. The van der Waals surface area contributed by atoms with Gasteiger partial charge in [0.15, 0.2) is 5.60 Å². The van der Waals surface area contributed by atoms with Crippen molar-refractivity contribution in [3.8, 4) is 0 Å². The third-order valence-corrected chi connectivity index (χ3v) is 5.65. The zero-order valence-corrected chi connectivity index (χ0v) is 14.8. The molecular formula is C17H19Cl2NO4. The average Bonchev–Trinajstić information content (AvgIpc) is 2.83. The van der Waals surface area contributed by atoms with E-state index in [1.165, 1.54) is 6.07 Å². The number of ketones is 1. The normalized spacial score (nSPS) is 29.2. The Morgan fingerprint density at radius 3 is 2.54 bits per heavy atom. The quantitative estimate of drug-likeness (QED) is 0.851. The minimum atomic E-state index is -1.97. The number of hydrogen-bond acceptors (Lipinski definition) is 4. The third kappa shape index (κ3) is 2.94. The van der Waals surface area contributed by atoms with Gasteiger partial charge in [0.05, 0.1) is 16.8 Å². The van der Waals surface area contributed by atoms with Gasteiger partial charge in [-0.2, -0.15) is 0 Å². The lowest BCUT2D eigenvalue weighted by Crippen LogP contribution is -2.39. The van der Waals surface area contributed by atoms with E-state index in [2.05, 4.69) is 5.32 Å². The first-order valence-electron chi connectivity index (χ1n) is 7.94. The van der Waals surface area contributed by atoms with Crippen molar-refractivity contribution in [3.63, 3.8) is 0 Å². The molecule has 0 bridgehead atoms. The number of rotatable bonds is 4. The van der Waals surface area contributed by atoms with Crippen LogP contribution < -0.4 is 5.32 Å². The molecule has 1 heterocycles. The molecule has 1 aliphatic heterocycles. The molecule has 130 valence electrons. The van der Waals surface area contributed by atoms with Crippen molar-refractivity contribution in [2.45, 2.75) is 43.8 Å². The average molecular weight is 372 g/mol. The molecule has 0 spiro atoms. The summed E-state index contributed by atoms with van der Waals surface area (Å²) >= 11 is 12.2. The lowest BCUT2D eigenvalue weighted by molar-refractivity contribution is -0.142. The molecule has 0 unspecified atom stereocenters. The summed E-state index contributed by atoms with van der Waals surface area (Å²) in [6.07, 6.45) is 2.90. The van der Waals surface area contributed by atoms with Crippen LogP contribution in [0.3, 0.4) is 0 Å². The van der Waals surface area contributed by atoms with E-state index in [1.54, 1.807) is 13.2 Å². The van der Waals surface area contributed by atoms with Gasteiger partial charge in [-0.25, -0.2) is 0 Å². The van der Waals surface area contributed by atoms with Gasteiger partial charge in [0.25, 0.3) is 5.91 Å². The second-order valence-corrected chi connectivity index (χ2v) is 7.26. The summed E-state index contributed by atoms with van der Waals surface area (Å²) in [6, 6.07) is 3.06. The monoisotopic (exact) mass is 371 g/mol. The van der Waals surface area contributed by atoms with Gasteiger partial charge in [0, 0.05) is 30.0 Å². The van der Waals surface area contributed by atoms with E-state index in [9.17, 15) is 14.7 Å². The number of nitrogens with one attached hydrogen (secondary N) is 1. The lowest BCUT2D eigenvalue weighted by Gasteiger charge is -2.29. The molecule has 2 aliphatic rings. The summed E-state index contributed by atoms with van der Waals surface area (Å²) in [6.45, 7) is 0. The molecule has 7 heteroatoms. The highest BCUT2D eigenvalue weighted by molar-refractivity contribution is 6.38. The first-order chi connectivity index (χ1) is 11.4. The molecule has 1 aromatic carbocycles. The molecule has 24 heavy (non-hydrogen) atoms. The number of fused-ring (bicyclic) bond motifs is 1. The predicted molar refractivity (Wildman–Crippen MR) is 91.4 cm³/mol. The summed E-state index contributed by atoms with van der Waals surface area (Å²) in [5, 5.41) is 14.0. The van der Waals surface area contributed by atoms with E-state index in [-0.39, 0.29) is 45.5 Å². The number of hydrogen-bond donors (Lipinski definition) is 2. The summed E-state index contributed by atoms with van der Waals surface area (Å²) < 4.78 is 5.31. The molecule has 2 N–H and O–H groups in total. The molecule has 1 atom stereocenters. The van der Waals surface area contributed by atoms with Gasteiger partial charge in [-0.05, 0) is 37.8 Å². The fourth-order valence-electron chi connectivity index (χ4n) is 3.59. The van der Waals surface area contributed by atoms with Crippen molar-refractivity contribution >= 4 is 40.6 Å². The summed E-state index contributed by atoms with van der Waals surface area (Å²) in [5.74, 6) is -0.965. The van der Waals surface area contributed by atoms with Crippen LogP contribution in [0, 0.1) is 5.92 Å². The van der Waals surface area contributed by atoms with Crippen molar-refractivity contribution in [1.82, 2.24) is 0 Å². The van der Waals surface area contributed by atoms with Crippen LogP contribution in [-0.2, 0) is 19.9 Å². The fourth-order valence-corrected chi connectivity index (χ4v) is 4.11. The highest BCUT2D eigenvalue weighted by atomic mass is 35.5. The van der Waals surface area contributed by atoms with Crippen molar-refractivity contribution in [2.75, 3.05) is 12.4 Å². The first kappa shape index (κ1) is 17.7. The Kier molecular flexibility index (Phi) is 4.89. The number of carbonyl (C=O) groups is 2. The van der Waals surface area contributed by atoms with Crippen LogP contribution in [0.5, 0.6) is 0 Å². The van der Waals surface area contributed by atoms with Crippen LogP contribution >= 0.6 is 23.2 Å². The van der Waals surface area contributed by atoms with Crippen LogP contribution in [0.15, 0.2) is 12.1 Å². The molecule has 0 radical (unpaired) electrons. The molecular weight excluding hydrogens is 353 g/mol. The topological polar surface area (TPSA) is 75.6 Å². The zero-order valence-electron chi connectivity index (χ0n) is 13.3. The first-order valence-corrected chi connectivity index (χ1v) is 8.70. The number of halogens is 2. The van der Waals surface area contributed by atoms with Gasteiger partial charge < -0.3 is 15.2 Å². The SMILES string of the molecule is COC1CCC(C(=O)C[C@]2(O)C(=O)Nc3c(Cl)ccc(Cl)c32)CC1. The van der Waals surface area contributed by atoms with Crippen molar-refractivity contribution in [2.24, 2.45) is 5.92 Å². The highest BCUT2D eigenvalue weighted by Gasteiger charge is 2.49. The Balaban J connectivity index is 1.82. The molecule has 1 fully saturated rings. The van der Waals surface area contributed by atoms with Gasteiger partial charge in [0.2, 0.25) is 0 Å². The van der Waals surface area contributed by atoms with Gasteiger partial charge in [-0.1, -0.05) is 23.2 Å². The molecule has 5 nitrogen and oxygen atoms in total. The number of amides is 1. The highest BCUT2D eigenvalue weighted by Crippen LogP contribution is 2.46. The molecule has 1 aliphatic carbocycles.